The summed E-state index contributed by atoms with van der Waals surface area (Å²) in [4.78, 5) is 38.3. The molecular weight excluding hydrogens is 360 g/mol. The first-order valence-electron chi connectivity index (χ1n) is 8.69. The third kappa shape index (κ3) is 4.29. The van der Waals surface area contributed by atoms with Crippen molar-refractivity contribution in [3.63, 3.8) is 0 Å². The lowest BCUT2D eigenvalue weighted by molar-refractivity contribution is -0.744. The molecule has 142 valence electrons. The Morgan fingerprint density at radius 1 is 1.11 bits per heavy atom. The van der Waals surface area contributed by atoms with E-state index >= 15 is 0 Å². The molecule has 0 saturated heterocycles. The van der Waals surface area contributed by atoms with Crippen LogP contribution in [-0.2, 0) is 11.3 Å². The molecular formula is C20H19N4O4+. The van der Waals surface area contributed by atoms with Crippen LogP contribution in [0.25, 0.3) is 0 Å². The zero-order valence-electron chi connectivity index (χ0n) is 15.2. The third-order valence-corrected chi connectivity index (χ3v) is 3.87. The summed E-state index contributed by atoms with van der Waals surface area (Å²) in [6.45, 7) is 1.50. The van der Waals surface area contributed by atoms with E-state index in [1.807, 2.05) is 30.3 Å². The van der Waals surface area contributed by atoms with E-state index in [0.717, 1.165) is 15.0 Å². The third-order valence-electron chi connectivity index (χ3n) is 3.87. The molecule has 0 bridgehead atoms. The number of nitrogens with zero attached hydrogens (tertiary/aromatic N) is 3. The molecule has 8 nitrogen and oxygen atoms in total. The maximum atomic E-state index is 12.6. The van der Waals surface area contributed by atoms with E-state index < -0.39 is 11.5 Å². The van der Waals surface area contributed by atoms with Crippen LogP contribution in [0.4, 0.5) is 0 Å². The Hall–Kier alpha value is -3.81. The monoisotopic (exact) mass is 379 g/mol. The molecule has 0 saturated carbocycles. The highest BCUT2D eigenvalue weighted by Crippen LogP contribution is 2.00. The number of H-pyrrole nitrogens is 1. The first-order valence-corrected chi connectivity index (χ1v) is 8.69. The van der Waals surface area contributed by atoms with Crippen LogP contribution in [0.15, 0.2) is 70.6 Å². The molecule has 28 heavy (non-hydrogen) atoms. The van der Waals surface area contributed by atoms with E-state index in [1.165, 1.54) is 6.21 Å². The van der Waals surface area contributed by atoms with Crippen molar-refractivity contribution in [2.45, 2.75) is 13.5 Å². The minimum atomic E-state index is -0.821. The second kappa shape index (κ2) is 8.72. The van der Waals surface area contributed by atoms with Crippen LogP contribution in [0, 0.1) is 0 Å². The van der Waals surface area contributed by atoms with Gasteiger partial charge in [-0.1, -0.05) is 71.0 Å². The molecule has 0 radical (unpaired) electrons. The average Bonchev–Trinajstić information content (AvgIpc) is 3.03. The molecule has 0 aliphatic heterocycles. The molecule has 3 rings (SSSR count). The summed E-state index contributed by atoms with van der Waals surface area (Å²) in [6.07, 6.45) is 1.47. The van der Waals surface area contributed by atoms with E-state index in [4.69, 9.17) is 4.74 Å². The van der Waals surface area contributed by atoms with Gasteiger partial charge in [0.2, 0.25) is 5.78 Å². The number of hydrogen-bond donors (Lipinski definition) is 1. The van der Waals surface area contributed by atoms with Gasteiger partial charge in [-0.25, -0.2) is 9.59 Å². The fourth-order valence-corrected chi connectivity index (χ4v) is 2.54. The van der Waals surface area contributed by atoms with Crippen LogP contribution < -0.4 is 10.2 Å². The Morgan fingerprint density at radius 2 is 1.75 bits per heavy atom. The summed E-state index contributed by atoms with van der Waals surface area (Å²) >= 11 is 0. The number of aromatic amines is 1. The number of Topliss-reactive ketones (excluding diaryl/α,β-unsaturated/α-hetero) is 1. The van der Waals surface area contributed by atoms with Gasteiger partial charge in [-0.15, -0.1) is 4.68 Å². The number of ketones is 1. The van der Waals surface area contributed by atoms with Crippen molar-refractivity contribution in [2.75, 3.05) is 6.61 Å². The van der Waals surface area contributed by atoms with Gasteiger partial charge >= 0.3 is 17.2 Å². The predicted octanol–water partition coefficient (Wildman–Crippen LogP) is 1.41. The minimum Gasteiger partial charge on any atom is -0.459 e. The number of nitrogens with one attached hydrogen (secondary N) is 1. The van der Waals surface area contributed by atoms with Crippen molar-refractivity contribution in [3.05, 3.63) is 87.8 Å². The largest absolute Gasteiger partial charge is 0.459 e. The maximum absolute atomic E-state index is 12.6. The van der Waals surface area contributed by atoms with Gasteiger partial charge in [-0.2, -0.15) is 0 Å². The summed E-state index contributed by atoms with van der Waals surface area (Å²) in [6, 6.07) is 17.8. The van der Waals surface area contributed by atoms with E-state index in [1.54, 1.807) is 37.3 Å². The topological polar surface area (TPSA) is 97.4 Å². The summed E-state index contributed by atoms with van der Waals surface area (Å²) in [5.41, 5.74) is 0.239. The molecule has 0 aliphatic rings. The average molecular weight is 379 g/mol. The zero-order valence-corrected chi connectivity index (χ0v) is 15.2. The lowest BCUT2D eigenvalue weighted by atomic mass is 10.1. The molecule has 3 aromatic rings. The van der Waals surface area contributed by atoms with E-state index in [0.29, 0.717) is 5.56 Å². The van der Waals surface area contributed by atoms with Gasteiger partial charge in [0.25, 0.3) is 0 Å². The summed E-state index contributed by atoms with van der Waals surface area (Å²) < 4.78 is 6.11. The van der Waals surface area contributed by atoms with Gasteiger partial charge in [0.05, 0.1) is 12.8 Å². The lowest BCUT2D eigenvalue weighted by Gasteiger charge is -2.00. The van der Waals surface area contributed by atoms with Crippen LogP contribution >= 0.6 is 0 Å². The molecule has 1 heterocycles. The molecule has 1 aromatic heterocycles. The van der Waals surface area contributed by atoms with Crippen LogP contribution in [0.5, 0.6) is 0 Å². The Morgan fingerprint density at radius 3 is 2.39 bits per heavy atom. The number of rotatable bonds is 7. The minimum absolute atomic E-state index is 0.101. The predicted molar refractivity (Wildman–Crippen MR) is 101 cm³/mol. The van der Waals surface area contributed by atoms with Gasteiger partial charge in [0.15, 0.2) is 6.54 Å². The SMILES string of the molecule is CCOC(=O)c1c(=O)n(N=Cc2ccccc2)[nH][n+]1CC(=O)c1ccccc1. The first kappa shape index (κ1) is 19.0. The Balaban J connectivity index is 1.95. The molecule has 1 N–H and O–H groups in total. The maximum Gasteiger partial charge on any atom is 0.434 e. The molecule has 2 aromatic carbocycles. The molecule has 0 aliphatic carbocycles. The Kier molecular flexibility index (Phi) is 5.91. The van der Waals surface area contributed by atoms with Crippen LogP contribution in [0.2, 0.25) is 0 Å². The van der Waals surface area contributed by atoms with Gasteiger partial charge in [-0.3, -0.25) is 4.79 Å². The highest BCUT2D eigenvalue weighted by atomic mass is 16.5. The number of esters is 1. The second-order valence-corrected chi connectivity index (χ2v) is 5.82. The summed E-state index contributed by atoms with van der Waals surface area (Å²) in [5.74, 6) is -1.09. The van der Waals surface area contributed by atoms with Gasteiger partial charge in [0.1, 0.15) is 0 Å². The number of hydrogen-bond acceptors (Lipinski definition) is 5. The van der Waals surface area contributed by atoms with Crippen molar-refractivity contribution >= 4 is 18.0 Å². The smallest absolute Gasteiger partial charge is 0.434 e. The van der Waals surface area contributed by atoms with Crippen molar-refractivity contribution in [1.82, 2.24) is 10.0 Å². The van der Waals surface area contributed by atoms with E-state index in [2.05, 4.69) is 10.3 Å². The van der Waals surface area contributed by atoms with Gasteiger partial charge in [-0.05, 0) is 12.5 Å². The second-order valence-electron chi connectivity index (χ2n) is 5.82. The normalized spacial score (nSPS) is 10.9. The molecule has 0 atom stereocenters. The molecule has 0 amide bonds. The van der Waals surface area contributed by atoms with Gasteiger partial charge < -0.3 is 4.74 Å². The number of carbonyl (C=O) groups excluding carboxylic acids is 2. The summed E-state index contributed by atoms with van der Waals surface area (Å²) in [7, 11) is 0. The molecule has 0 fully saturated rings. The molecule has 0 spiro atoms. The fraction of sp³-hybridized carbons (Fsp3) is 0.150. The highest BCUT2D eigenvalue weighted by Gasteiger charge is 2.31. The van der Waals surface area contributed by atoms with Crippen LogP contribution in [0.1, 0.15) is 33.3 Å². The number of ether oxygens (including phenoxy) is 1. The van der Waals surface area contributed by atoms with Crippen LogP contribution in [-0.4, -0.2) is 34.6 Å². The van der Waals surface area contributed by atoms with Crippen LogP contribution in [0.3, 0.4) is 0 Å². The highest BCUT2D eigenvalue weighted by molar-refractivity contribution is 5.95. The number of aromatic nitrogens is 3. The van der Waals surface area contributed by atoms with Gasteiger partial charge in [0, 0.05) is 10.4 Å². The van der Waals surface area contributed by atoms with Crippen molar-refractivity contribution in [2.24, 2.45) is 5.10 Å². The van der Waals surface area contributed by atoms with E-state index in [-0.39, 0.29) is 24.6 Å². The van der Waals surface area contributed by atoms with Crippen molar-refractivity contribution < 1.29 is 19.0 Å². The standard InChI is InChI=1S/C20H18N4O4/c1-2-28-20(27)18-19(26)24(21-13-15-9-5-3-6-10-15)22-23(18)14-17(25)16-11-7-4-8-12-16/h3-13H,2,14H2,1H3/p+1. The summed E-state index contributed by atoms with van der Waals surface area (Å²) in [5, 5.41) is 6.73. The Bertz CT molecular complexity index is 1050. The molecule has 8 heteroatoms. The lowest BCUT2D eigenvalue weighted by Crippen LogP contribution is -2.46. The first-order chi connectivity index (χ1) is 13.6. The molecule has 0 unspecified atom stereocenters. The Labute approximate surface area is 160 Å². The number of carbonyl (C=O) groups is 2. The van der Waals surface area contributed by atoms with Crippen molar-refractivity contribution in [1.29, 1.82) is 0 Å². The number of benzene rings is 2. The van der Waals surface area contributed by atoms with Crippen molar-refractivity contribution in [3.8, 4) is 0 Å². The quantitative estimate of drug-likeness (QED) is 0.290. The fourth-order valence-electron chi connectivity index (χ4n) is 2.54. The zero-order chi connectivity index (χ0) is 19.9. The van der Waals surface area contributed by atoms with E-state index in [9.17, 15) is 14.4 Å².